The van der Waals surface area contributed by atoms with Gasteiger partial charge in [-0.3, -0.25) is 9.80 Å². The minimum atomic E-state index is -0.114. The molecule has 1 aliphatic heterocycles. The average molecular weight is 281 g/mol. The van der Waals surface area contributed by atoms with Gasteiger partial charge in [0.05, 0.1) is 12.1 Å². The second-order valence-corrected chi connectivity index (χ2v) is 7.39. The number of aliphatic hydroxyl groups is 1. The average Bonchev–Trinajstić information content (AvgIpc) is 3.08. The van der Waals surface area contributed by atoms with Gasteiger partial charge in [-0.25, -0.2) is 0 Å². The molecule has 2 saturated carbocycles. The predicted molar refractivity (Wildman–Crippen MR) is 81.9 cm³/mol. The number of rotatable bonds is 6. The zero-order valence-electron chi connectivity index (χ0n) is 13.0. The maximum absolute atomic E-state index is 9.72. The van der Waals surface area contributed by atoms with E-state index in [1.807, 2.05) is 0 Å². The first-order valence-corrected chi connectivity index (χ1v) is 8.53. The first-order valence-electron chi connectivity index (χ1n) is 8.53. The highest BCUT2D eigenvalue weighted by molar-refractivity contribution is 4.95. The van der Waals surface area contributed by atoms with Crippen molar-refractivity contribution in [2.45, 2.75) is 63.1 Å². The molecule has 1 saturated heterocycles. The second kappa shape index (κ2) is 6.30. The van der Waals surface area contributed by atoms with Crippen LogP contribution in [0.1, 0.15) is 45.4 Å². The molecule has 2 aliphatic carbocycles. The van der Waals surface area contributed by atoms with Crippen LogP contribution in [0.2, 0.25) is 0 Å². The van der Waals surface area contributed by atoms with Crippen molar-refractivity contribution in [2.75, 3.05) is 39.3 Å². The fourth-order valence-corrected chi connectivity index (χ4v) is 3.91. The third-order valence-electron chi connectivity index (χ3n) is 5.30. The highest BCUT2D eigenvalue weighted by Gasteiger charge is 2.34. The van der Waals surface area contributed by atoms with E-state index in [0.29, 0.717) is 6.04 Å². The lowest BCUT2D eigenvalue weighted by molar-refractivity contribution is 0.0612. The topological polar surface area (TPSA) is 38.7 Å². The van der Waals surface area contributed by atoms with Gasteiger partial charge in [-0.15, -0.1) is 0 Å². The lowest BCUT2D eigenvalue weighted by Crippen LogP contribution is -2.58. The molecule has 0 amide bonds. The molecule has 0 aromatic heterocycles. The van der Waals surface area contributed by atoms with Gasteiger partial charge in [0.1, 0.15) is 0 Å². The summed E-state index contributed by atoms with van der Waals surface area (Å²) in [6, 6.07) is 1.53. The molecule has 4 nitrogen and oxygen atoms in total. The first kappa shape index (κ1) is 14.8. The SMILES string of the molecule is CC(CO)(CN1CCN(C2CCCC2)CC1)NC1CC1. The molecule has 3 fully saturated rings. The predicted octanol–water partition coefficient (Wildman–Crippen LogP) is 1.05. The molecule has 0 bridgehead atoms. The number of aliphatic hydroxyl groups excluding tert-OH is 1. The van der Waals surface area contributed by atoms with Crippen LogP contribution in [0.4, 0.5) is 0 Å². The van der Waals surface area contributed by atoms with Crippen LogP contribution < -0.4 is 5.32 Å². The summed E-state index contributed by atoms with van der Waals surface area (Å²) in [5.41, 5.74) is -0.114. The van der Waals surface area contributed by atoms with Gasteiger partial charge in [0.25, 0.3) is 0 Å². The summed E-state index contributed by atoms with van der Waals surface area (Å²) < 4.78 is 0. The van der Waals surface area contributed by atoms with Crippen molar-refractivity contribution in [3.63, 3.8) is 0 Å². The van der Waals surface area contributed by atoms with E-state index in [2.05, 4.69) is 22.0 Å². The Hall–Kier alpha value is -0.160. The molecular formula is C16H31N3O. The summed E-state index contributed by atoms with van der Waals surface area (Å²) in [5, 5.41) is 13.3. The van der Waals surface area contributed by atoms with E-state index in [0.717, 1.165) is 12.6 Å². The Morgan fingerprint density at radius 2 is 1.70 bits per heavy atom. The van der Waals surface area contributed by atoms with E-state index in [4.69, 9.17) is 0 Å². The number of hydrogen-bond donors (Lipinski definition) is 2. The summed E-state index contributed by atoms with van der Waals surface area (Å²) in [6.07, 6.45) is 8.25. The van der Waals surface area contributed by atoms with Crippen LogP contribution in [0.3, 0.4) is 0 Å². The van der Waals surface area contributed by atoms with E-state index >= 15 is 0 Å². The Kier molecular flexibility index (Phi) is 4.65. The molecule has 116 valence electrons. The normalized spacial score (nSPS) is 29.7. The van der Waals surface area contributed by atoms with E-state index in [1.54, 1.807) is 0 Å². The first-order chi connectivity index (χ1) is 9.68. The van der Waals surface area contributed by atoms with Gasteiger partial charge in [-0.2, -0.15) is 0 Å². The van der Waals surface area contributed by atoms with Crippen LogP contribution in [0.25, 0.3) is 0 Å². The maximum atomic E-state index is 9.72. The molecule has 0 spiro atoms. The summed E-state index contributed by atoms with van der Waals surface area (Å²) in [5.74, 6) is 0. The van der Waals surface area contributed by atoms with E-state index in [-0.39, 0.29) is 12.1 Å². The molecule has 20 heavy (non-hydrogen) atoms. The van der Waals surface area contributed by atoms with Crippen molar-refractivity contribution in [1.29, 1.82) is 0 Å². The largest absolute Gasteiger partial charge is 0.394 e. The van der Waals surface area contributed by atoms with Crippen LogP contribution in [0.15, 0.2) is 0 Å². The van der Waals surface area contributed by atoms with Gasteiger partial charge >= 0.3 is 0 Å². The van der Waals surface area contributed by atoms with Gasteiger partial charge in [-0.05, 0) is 32.6 Å². The monoisotopic (exact) mass is 281 g/mol. The molecule has 3 rings (SSSR count). The van der Waals surface area contributed by atoms with Crippen molar-refractivity contribution < 1.29 is 5.11 Å². The highest BCUT2D eigenvalue weighted by atomic mass is 16.3. The lowest BCUT2D eigenvalue weighted by Gasteiger charge is -2.42. The van der Waals surface area contributed by atoms with Crippen LogP contribution in [-0.2, 0) is 0 Å². The van der Waals surface area contributed by atoms with Gasteiger partial charge < -0.3 is 10.4 Å². The summed E-state index contributed by atoms with van der Waals surface area (Å²) >= 11 is 0. The van der Waals surface area contributed by atoms with Crippen molar-refractivity contribution in [2.24, 2.45) is 0 Å². The van der Waals surface area contributed by atoms with Crippen LogP contribution in [0.5, 0.6) is 0 Å². The second-order valence-electron chi connectivity index (χ2n) is 7.39. The van der Waals surface area contributed by atoms with Gasteiger partial charge in [-0.1, -0.05) is 12.8 Å². The minimum absolute atomic E-state index is 0.114. The fourth-order valence-electron chi connectivity index (χ4n) is 3.91. The molecule has 1 atom stereocenters. The summed E-state index contributed by atoms with van der Waals surface area (Å²) in [7, 11) is 0. The summed E-state index contributed by atoms with van der Waals surface area (Å²) in [6.45, 7) is 8.17. The van der Waals surface area contributed by atoms with Crippen molar-refractivity contribution in [3.8, 4) is 0 Å². The molecule has 2 N–H and O–H groups in total. The van der Waals surface area contributed by atoms with E-state index in [1.165, 1.54) is 64.7 Å². The third-order valence-corrected chi connectivity index (χ3v) is 5.30. The molecule has 0 aromatic rings. The highest BCUT2D eigenvalue weighted by Crippen LogP contribution is 2.25. The van der Waals surface area contributed by atoms with Crippen LogP contribution in [0, 0.1) is 0 Å². The smallest absolute Gasteiger partial charge is 0.0623 e. The molecule has 0 aromatic carbocycles. The Morgan fingerprint density at radius 1 is 1.05 bits per heavy atom. The number of hydrogen-bond acceptors (Lipinski definition) is 4. The van der Waals surface area contributed by atoms with E-state index < -0.39 is 0 Å². The van der Waals surface area contributed by atoms with Crippen molar-refractivity contribution >= 4 is 0 Å². The minimum Gasteiger partial charge on any atom is -0.394 e. The molecule has 1 unspecified atom stereocenters. The molecule has 3 aliphatic rings. The quantitative estimate of drug-likeness (QED) is 0.763. The lowest BCUT2D eigenvalue weighted by atomic mass is 10.0. The number of nitrogens with one attached hydrogen (secondary N) is 1. The zero-order valence-corrected chi connectivity index (χ0v) is 13.0. The van der Waals surface area contributed by atoms with Crippen LogP contribution >= 0.6 is 0 Å². The zero-order chi connectivity index (χ0) is 14.0. The maximum Gasteiger partial charge on any atom is 0.0623 e. The molecule has 1 heterocycles. The Balaban J connectivity index is 1.44. The van der Waals surface area contributed by atoms with Crippen molar-refractivity contribution in [3.05, 3.63) is 0 Å². The van der Waals surface area contributed by atoms with Gasteiger partial charge in [0.2, 0.25) is 0 Å². The van der Waals surface area contributed by atoms with Crippen LogP contribution in [-0.4, -0.2) is 71.9 Å². The fraction of sp³-hybridized carbons (Fsp3) is 1.00. The molecule has 0 radical (unpaired) electrons. The third kappa shape index (κ3) is 3.73. The van der Waals surface area contributed by atoms with E-state index in [9.17, 15) is 5.11 Å². The number of nitrogens with zero attached hydrogens (tertiary/aromatic N) is 2. The number of piperazine rings is 1. The standard InChI is InChI=1S/C16H31N3O/c1-16(13-20,17-14-6-7-14)12-18-8-10-19(11-9-18)15-4-2-3-5-15/h14-15,17,20H,2-13H2,1H3. The summed E-state index contributed by atoms with van der Waals surface area (Å²) in [4.78, 5) is 5.24. The molecule has 4 heteroatoms. The van der Waals surface area contributed by atoms with Gasteiger partial charge in [0, 0.05) is 44.8 Å². The Morgan fingerprint density at radius 3 is 2.25 bits per heavy atom. The Labute approximate surface area is 123 Å². The van der Waals surface area contributed by atoms with Gasteiger partial charge in [0.15, 0.2) is 0 Å². The van der Waals surface area contributed by atoms with Crippen molar-refractivity contribution in [1.82, 2.24) is 15.1 Å². The molecular weight excluding hydrogens is 250 g/mol. The Bertz CT molecular complexity index is 307.